The first kappa shape index (κ1) is 17.6. The van der Waals surface area contributed by atoms with Crippen molar-refractivity contribution in [3.8, 4) is 11.5 Å². The number of hydrogen-bond acceptors (Lipinski definition) is 6. The number of ether oxygens (including phenoxy) is 2. The Morgan fingerprint density at radius 1 is 0.923 bits per heavy atom. The summed E-state index contributed by atoms with van der Waals surface area (Å²) >= 11 is 5.72. The van der Waals surface area contributed by atoms with Gasteiger partial charge in [-0.25, -0.2) is 9.97 Å². The fourth-order valence-corrected chi connectivity index (χ4v) is 2.49. The van der Waals surface area contributed by atoms with Gasteiger partial charge in [-0.1, -0.05) is 23.7 Å². The van der Waals surface area contributed by atoms with Crippen molar-refractivity contribution in [1.82, 2.24) is 19.9 Å². The average Bonchev–Trinajstić information content (AvgIpc) is 2.67. The number of H-pyrrole nitrogens is 1. The topological polar surface area (TPSA) is 90.0 Å². The molecule has 1 N–H and O–H groups in total. The molecule has 132 valence electrons. The predicted molar refractivity (Wildman–Crippen MR) is 100 cm³/mol. The predicted octanol–water partition coefficient (Wildman–Crippen LogP) is 3.22. The lowest BCUT2D eigenvalue weighted by Crippen LogP contribution is -2.05. The van der Waals surface area contributed by atoms with Crippen LogP contribution >= 0.6 is 11.6 Å². The molecule has 0 radical (unpaired) electrons. The Morgan fingerprint density at radius 3 is 2.31 bits per heavy atom. The van der Waals surface area contributed by atoms with Gasteiger partial charge in [0.25, 0.3) is 5.56 Å². The van der Waals surface area contributed by atoms with Gasteiger partial charge in [0.15, 0.2) is 0 Å². The number of halogens is 1. The molecule has 0 bridgehead atoms. The van der Waals surface area contributed by atoms with E-state index in [4.69, 9.17) is 21.1 Å². The zero-order chi connectivity index (χ0) is 18.5. The van der Waals surface area contributed by atoms with Crippen LogP contribution in [-0.4, -0.2) is 34.2 Å². The lowest BCUT2D eigenvalue weighted by atomic mass is 10.3. The van der Waals surface area contributed by atoms with Gasteiger partial charge in [-0.05, 0) is 24.3 Å². The minimum absolute atomic E-state index is 0.225. The number of methoxy groups -OCH3 is 2. The Kier molecular flexibility index (Phi) is 5.28. The lowest BCUT2D eigenvalue weighted by Gasteiger charge is -2.02. The van der Waals surface area contributed by atoms with Crippen molar-refractivity contribution >= 4 is 33.7 Å². The molecule has 2 aromatic heterocycles. The summed E-state index contributed by atoms with van der Waals surface area (Å²) in [5.74, 6) is 1.32. The molecule has 0 atom stereocenters. The molecule has 0 unspecified atom stereocenters. The molecule has 0 aliphatic heterocycles. The fourth-order valence-electron chi connectivity index (χ4n) is 2.36. The quantitative estimate of drug-likeness (QED) is 0.582. The van der Waals surface area contributed by atoms with Crippen molar-refractivity contribution in [2.45, 2.75) is 0 Å². The second-order valence-electron chi connectivity index (χ2n) is 5.12. The van der Waals surface area contributed by atoms with Crippen LogP contribution in [0.2, 0.25) is 5.15 Å². The molecule has 0 amide bonds. The molecule has 0 fully saturated rings. The van der Waals surface area contributed by atoms with Crippen molar-refractivity contribution in [3.05, 3.63) is 64.3 Å². The van der Waals surface area contributed by atoms with Crippen LogP contribution in [0.3, 0.4) is 0 Å². The summed E-state index contributed by atoms with van der Waals surface area (Å²) in [6.07, 6.45) is 2.77. The number of para-hydroxylation sites is 2. The molecule has 8 heteroatoms. The molecule has 7 nitrogen and oxygen atoms in total. The number of rotatable bonds is 2. The summed E-state index contributed by atoms with van der Waals surface area (Å²) < 4.78 is 10.2. The number of nitrogens with zero attached hydrogens (tertiary/aromatic N) is 3. The normalized spacial score (nSPS) is 10.3. The largest absolute Gasteiger partial charge is 0.494 e. The van der Waals surface area contributed by atoms with Crippen molar-refractivity contribution in [2.75, 3.05) is 14.2 Å². The SMILES string of the molecule is COc1cccc2ncc(=O)[nH]c12.COc1cccc2ncc(Cl)nc12. The van der Waals surface area contributed by atoms with Crippen molar-refractivity contribution < 1.29 is 9.47 Å². The van der Waals surface area contributed by atoms with Gasteiger partial charge in [0, 0.05) is 0 Å². The van der Waals surface area contributed by atoms with E-state index in [1.807, 2.05) is 30.3 Å². The van der Waals surface area contributed by atoms with Gasteiger partial charge in [-0.2, -0.15) is 0 Å². The number of aromatic amines is 1. The fraction of sp³-hybridized carbons (Fsp3) is 0.111. The zero-order valence-electron chi connectivity index (χ0n) is 14.1. The maximum atomic E-state index is 11.0. The smallest absolute Gasteiger partial charge is 0.266 e. The van der Waals surface area contributed by atoms with E-state index in [0.29, 0.717) is 27.7 Å². The number of aromatic nitrogens is 4. The highest BCUT2D eigenvalue weighted by Crippen LogP contribution is 2.22. The van der Waals surface area contributed by atoms with E-state index in [0.717, 1.165) is 11.0 Å². The van der Waals surface area contributed by atoms with Gasteiger partial charge < -0.3 is 14.5 Å². The highest BCUT2D eigenvalue weighted by atomic mass is 35.5. The third-order valence-corrected chi connectivity index (χ3v) is 3.70. The van der Waals surface area contributed by atoms with Crippen molar-refractivity contribution in [1.29, 1.82) is 0 Å². The van der Waals surface area contributed by atoms with E-state index in [1.165, 1.54) is 12.4 Å². The molecule has 0 saturated heterocycles. The standard InChI is InChI=1S/C9H7ClN2O.C9H8N2O2/c1-13-7-4-2-3-6-9(7)12-8(10)5-11-6;1-13-7-4-2-3-6-9(7)11-8(12)5-10-6/h2-5H,1H3;2-5H,1H3,(H,11,12). The maximum absolute atomic E-state index is 11.0. The summed E-state index contributed by atoms with van der Waals surface area (Å²) in [5.41, 5.74) is 2.61. The molecule has 0 aliphatic carbocycles. The number of nitrogens with one attached hydrogen (secondary N) is 1. The Hall–Kier alpha value is -3.19. The number of fused-ring (bicyclic) bond motifs is 2. The molecule has 2 heterocycles. The van der Waals surface area contributed by atoms with Crippen LogP contribution in [0.25, 0.3) is 22.1 Å². The highest BCUT2D eigenvalue weighted by Gasteiger charge is 2.03. The molecular formula is C18H15ClN4O3. The Balaban J connectivity index is 0.000000151. The summed E-state index contributed by atoms with van der Waals surface area (Å²) in [6.45, 7) is 0. The third-order valence-electron chi connectivity index (χ3n) is 3.52. The average molecular weight is 371 g/mol. The molecule has 0 aliphatic rings. The summed E-state index contributed by atoms with van der Waals surface area (Å²) in [4.78, 5) is 25.8. The van der Waals surface area contributed by atoms with Gasteiger partial charge in [0.1, 0.15) is 27.7 Å². The molecule has 2 aromatic carbocycles. The number of hydrogen-bond donors (Lipinski definition) is 1. The summed E-state index contributed by atoms with van der Waals surface area (Å²) in [6, 6.07) is 11.0. The van der Waals surface area contributed by atoms with E-state index < -0.39 is 0 Å². The van der Waals surface area contributed by atoms with E-state index in [1.54, 1.807) is 20.3 Å². The van der Waals surface area contributed by atoms with Crippen molar-refractivity contribution in [3.63, 3.8) is 0 Å². The Morgan fingerprint density at radius 2 is 1.58 bits per heavy atom. The molecule has 4 aromatic rings. The van der Waals surface area contributed by atoms with Crippen LogP contribution in [0.15, 0.2) is 53.6 Å². The van der Waals surface area contributed by atoms with Crippen LogP contribution < -0.4 is 15.0 Å². The minimum Gasteiger partial charge on any atom is -0.494 e. The Labute approximate surface area is 153 Å². The van der Waals surface area contributed by atoms with E-state index in [2.05, 4.69) is 19.9 Å². The zero-order valence-corrected chi connectivity index (χ0v) is 14.8. The van der Waals surface area contributed by atoms with Crippen molar-refractivity contribution in [2.24, 2.45) is 0 Å². The monoisotopic (exact) mass is 370 g/mol. The van der Waals surface area contributed by atoms with Gasteiger partial charge in [0.2, 0.25) is 0 Å². The van der Waals surface area contributed by atoms with E-state index >= 15 is 0 Å². The summed E-state index contributed by atoms with van der Waals surface area (Å²) in [7, 11) is 3.15. The molecular weight excluding hydrogens is 356 g/mol. The first-order valence-electron chi connectivity index (χ1n) is 7.59. The Bertz CT molecular complexity index is 1110. The van der Waals surface area contributed by atoms with Crippen LogP contribution in [-0.2, 0) is 0 Å². The first-order valence-corrected chi connectivity index (χ1v) is 7.97. The second-order valence-corrected chi connectivity index (χ2v) is 5.51. The minimum atomic E-state index is -0.225. The van der Waals surface area contributed by atoms with Crippen LogP contribution in [0.4, 0.5) is 0 Å². The highest BCUT2D eigenvalue weighted by molar-refractivity contribution is 6.29. The van der Waals surface area contributed by atoms with E-state index in [-0.39, 0.29) is 5.56 Å². The van der Waals surface area contributed by atoms with Crippen LogP contribution in [0.1, 0.15) is 0 Å². The number of benzene rings is 2. The summed E-state index contributed by atoms with van der Waals surface area (Å²) in [5, 5.41) is 0.372. The van der Waals surface area contributed by atoms with Gasteiger partial charge in [-0.15, -0.1) is 0 Å². The van der Waals surface area contributed by atoms with Crippen LogP contribution in [0, 0.1) is 0 Å². The second kappa shape index (κ2) is 7.79. The van der Waals surface area contributed by atoms with E-state index in [9.17, 15) is 4.79 Å². The van der Waals surface area contributed by atoms with Gasteiger partial charge in [0.05, 0.1) is 37.6 Å². The maximum Gasteiger partial charge on any atom is 0.266 e. The van der Waals surface area contributed by atoms with Crippen LogP contribution in [0.5, 0.6) is 11.5 Å². The third kappa shape index (κ3) is 3.73. The molecule has 26 heavy (non-hydrogen) atoms. The lowest BCUT2D eigenvalue weighted by molar-refractivity contribution is 0.418. The van der Waals surface area contributed by atoms with Gasteiger partial charge >= 0.3 is 0 Å². The first-order chi connectivity index (χ1) is 12.6. The molecule has 4 rings (SSSR count). The van der Waals surface area contributed by atoms with Gasteiger partial charge in [-0.3, -0.25) is 9.78 Å². The molecule has 0 spiro atoms. The molecule has 0 saturated carbocycles.